The number of nitrogens with two attached hydrogens (primary N) is 1. The molecule has 0 spiro atoms. The second-order valence-electron chi connectivity index (χ2n) is 15.9. The molecule has 2 aromatic heterocycles. The summed E-state index contributed by atoms with van der Waals surface area (Å²) < 4.78 is 4.81. The molecule has 0 aliphatic heterocycles. The number of aromatic nitrogens is 2. The smallest absolute Gasteiger partial charge is 0.0541 e. The molecule has 1 aliphatic carbocycles. The summed E-state index contributed by atoms with van der Waals surface area (Å²) in [5, 5.41) is 4.97. The van der Waals surface area contributed by atoms with Crippen LogP contribution >= 0.6 is 0 Å². The van der Waals surface area contributed by atoms with Crippen molar-refractivity contribution in [1.82, 2.24) is 9.13 Å². The van der Waals surface area contributed by atoms with Gasteiger partial charge in [0.15, 0.2) is 0 Å². The molecule has 0 saturated carbocycles. The van der Waals surface area contributed by atoms with Gasteiger partial charge < -0.3 is 14.9 Å². The van der Waals surface area contributed by atoms with Gasteiger partial charge >= 0.3 is 0 Å². The van der Waals surface area contributed by atoms with Gasteiger partial charge in [-0.05, 0) is 129 Å². The summed E-state index contributed by atoms with van der Waals surface area (Å²) in [4.78, 5) is 0. The fourth-order valence-electron chi connectivity index (χ4n) is 9.73. The molecule has 282 valence electrons. The lowest BCUT2D eigenvalue weighted by molar-refractivity contribution is 1.18. The molecule has 9 aromatic carbocycles. The maximum Gasteiger partial charge on any atom is 0.0541 e. The van der Waals surface area contributed by atoms with E-state index in [0.29, 0.717) is 0 Å². The van der Waals surface area contributed by atoms with Crippen LogP contribution < -0.4 is 5.73 Å². The van der Waals surface area contributed by atoms with Crippen molar-refractivity contribution < 1.29 is 0 Å². The van der Waals surface area contributed by atoms with Crippen LogP contribution in [-0.2, 0) is 6.42 Å². The Bertz CT molecular complexity index is 3510. The number of allylic oxidation sites excluding steroid dienone is 1. The van der Waals surface area contributed by atoms with Gasteiger partial charge in [-0.25, -0.2) is 0 Å². The van der Waals surface area contributed by atoms with Crippen LogP contribution in [0, 0.1) is 0 Å². The van der Waals surface area contributed by atoms with E-state index in [4.69, 9.17) is 5.73 Å². The molecule has 11 aromatic rings. The minimum Gasteiger partial charge on any atom is -0.398 e. The summed E-state index contributed by atoms with van der Waals surface area (Å²) in [5.41, 5.74) is 26.7. The molecular formula is C57H39N3. The zero-order valence-electron chi connectivity index (χ0n) is 32.9. The van der Waals surface area contributed by atoms with Crippen LogP contribution in [0.25, 0.3) is 93.9 Å². The molecule has 0 amide bonds. The highest BCUT2D eigenvalue weighted by Crippen LogP contribution is 2.47. The van der Waals surface area contributed by atoms with E-state index >= 15 is 0 Å². The quantitative estimate of drug-likeness (QED) is 0.168. The van der Waals surface area contributed by atoms with Crippen molar-refractivity contribution in [1.29, 1.82) is 0 Å². The van der Waals surface area contributed by atoms with Crippen molar-refractivity contribution >= 4 is 54.9 Å². The first-order valence-electron chi connectivity index (χ1n) is 20.7. The predicted octanol–water partition coefficient (Wildman–Crippen LogP) is 14.5. The Morgan fingerprint density at radius 3 is 1.68 bits per heavy atom. The van der Waals surface area contributed by atoms with Crippen LogP contribution in [0.5, 0.6) is 0 Å². The number of para-hydroxylation sites is 2. The number of rotatable bonds is 6. The van der Waals surface area contributed by atoms with E-state index in [1.54, 1.807) is 0 Å². The van der Waals surface area contributed by atoms with Crippen molar-refractivity contribution in [3.05, 3.63) is 229 Å². The highest BCUT2D eigenvalue weighted by molar-refractivity contribution is 6.13. The van der Waals surface area contributed by atoms with Gasteiger partial charge in [0.1, 0.15) is 0 Å². The van der Waals surface area contributed by atoms with E-state index in [-0.39, 0.29) is 0 Å². The normalized spacial score (nSPS) is 12.8. The first-order valence-corrected chi connectivity index (χ1v) is 20.7. The van der Waals surface area contributed by atoms with Gasteiger partial charge in [-0.1, -0.05) is 140 Å². The first kappa shape index (κ1) is 34.2. The van der Waals surface area contributed by atoms with Crippen molar-refractivity contribution in [3.63, 3.8) is 0 Å². The number of nitrogen functional groups attached to an aromatic ring is 1. The van der Waals surface area contributed by atoms with Crippen molar-refractivity contribution in [2.45, 2.75) is 6.42 Å². The van der Waals surface area contributed by atoms with E-state index in [1.165, 1.54) is 99.4 Å². The fourth-order valence-corrected chi connectivity index (χ4v) is 9.73. The SMILES string of the molecule is Nc1cccc2c1/C(=C\Cc1ccc3c(c1)c1cc(-c4ccc5c(c4)c4ccccc4n5-c4ccccc4)ccc1n3-c1cccc(-c3ccccc3)c1)c1ccccc1-2. The highest BCUT2D eigenvalue weighted by Gasteiger charge is 2.25. The largest absolute Gasteiger partial charge is 0.398 e. The topological polar surface area (TPSA) is 35.9 Å². The fraction of sp³-hybridized carbons (Fsp3) is 0.0175. The number of benzene rings is 9. The van der Waals surface area contributed by atoms with E-state index < -0.39 is 0 Å². The minimum absolute atomic E-state index is 0.783. The minimum atomic E-state index is 0.783. The lowest BCUT2D eigenvalue weighted by Gasteiger charge is -2.11. The molecule has 60 heavy (non-hydrogen) atoms. The molecule has 0 bridgehead atoms. The summed E-state index contributed by atoms with van der Waals surface area (Å²) in [5.74, 6) is 0. The summed E-state index contributed by atoms with van der Waals surface area (Å²) in [6, 6.07) is 74.9. The second-order valence-corrected chi connectivity index (χ2v) is 15.9. The molecule has 12 rings (SSSR count). The molecule has 2 N–H and O–H groups in total. The van der Waals surface area contributed by atoms with Gasteiger partial charge in [0.2, 0.25) is 0 Å². The third kappa shape index (κ3) is 5.37. The van der Waals surface area contributed by atoms with E-state index in [1.807, 2.05) is 6.07 Å². The molecule has 0 unspecified atom stereocenters. The maximum atomic E-state index is 6.66. The zero-order valence-corrected chi connectivity index (χ0v) is 32.9. The first-order chi connectivity index (χ1) is 29.7. The van der Waals surface area contributed by atoms with Gasteiger partial charge in [0.05, 0.1) is 22.1 Å². The van der Waals surface area contributed by atoms with E-state index in [2.05, 4.69) is 215 Å². The van der Waals surface area contributed by atoms with Gasteiger partial charge in [-0.2, -0.15) is 0 Å². The molecule has 0 saturated heterocycles. The monoisotopic (exact) mass is 765 g/mol. The molecule has 1 aliphatic rings. The molecule has 0 fully saturated rings. The molecule has 0 radical (unpaired) electrons. The average Bonchev–Trinajstić information content (AvgIpc) is 3.94. The number of nitrogens with zero attached hydrogens (tertiary/aromatic N) is 2. The summed E-state index contributed by atoms with van der Waals surface area (Å²) in [6.07, 6.45) is 3.16. The van der Waals surface area contributed by atoms with Gasteiger partial charge in [-0.15, -0.1) is 0 Å². The summed E-state index contributed by atoms with van der Waals surface area (Å²) in [7, 11) is 0. The molecule has 3 heteroatoms. The van der Waals surface area contributed by atoms with Crippen LogP contribution in [0.4, 0.5) is 5.69 Å². The van der Waals surface area contributed by atoms with Crippen LogP contribution in [0.2, 0.25) is 0 Å². The maximum absolute atomic E-state index is 6.66. The highest BCUT2D eigenvalue weighted by atomic mass is 15.0. The Labute approximate surface area is 348 Å². The van der Waals surface area contributed by atoms with Gasteiger partial charge in [0.25, 0.3) is 0 Å². The van der Waals surface area contributed by atoms with Gasteiger partial charge in [0, 0.05) is 44.2 Å². The Hall–Kier alpha value is -7.88. The lowest BCUT2D eigenvalue weighted by atomic mass is 9.98. The second kappa shape index (κ2) is 13.6. The number of fused-ring (bicyclic) bond motifs is 9. The Kier molecular flexibility index (Phi) is 7.76. The predicted molar refractivity (Wildman–Crippen MR) is 253 cm³/mol. The molecular weight excluding hydrogens is 727 g/mol. The Morgan fingerprint density at radius 2 is 0.900 bits per heavy atom. The molecule has 2 heterocycles. The van der Waals surface area contributed by atoms with Crippen molar-refractivity contribution in [2.75, 3.05) is 5.73 Å². The van der Waals surface area contributed by atoms with Crippen LogP contribution in [0.15, 0.2) is 212 Å². The third-order valence-corrected chi connectivity index (χ3v) is 12.5. The zero-order chi connectivity index (χ0) is 39.7. The van der Waals surface area contributed by atoms with E-state index in [9.17, 15) is 0 Å². The molecule has 0 atom stereocenters. The Balaban J connectivity index is 1.03. The van der Waals surface area contributed by atoms with Crippen LogP contribution in [0.3, 0.4) is 0 Å². The third-order valence-electron chi connectivity index (χ3n) is 12.5. The number of hydrogen-bond acceptors (Lipinski definition) is 1. The standard InChI is InChI=1S/C57H39N3/c58-52-23-12-22-47-44-19-7-8-20-45(44)48(57(47)52)29-25-37-26-30-54-49(33-37)51-36-41(28-32-56(51)60(54)43-18-11-15-39(34-43)38-13-3-1-4-14-38)40-27-31-55-50(35-40)46-21-9-10-24-53(46)59(55)42-16-5-2-6-17-42/h1-24,26-36H,25,58H2/b48-29-. The van der Waals surface area contributed by atoms with Crippen LogP contribution in [0.1, 0.15) is 16.7 Å². The Morgan fingerprint density at radius 1 is 0.367 bits per heavy atom. The summed E-state index contributed by atoms with van der Waals surface area (Å²) in [6.45, 7) is 0. The van der Waals surface area contributed by atoms with Crippen molar-refractivity contribution in [3.8, 4) is 44.8 Å². The van der Waals surface area contributed by atoms with Crippen LogP contribution in [-0.4, -0.2) is 9.13 Å². The van der Waals surface area contributed by atoms with Crippen molar-refractivity contribution in [2.24, 2.45) is 0 Å². The lowest BCUT2D eigenvalue weighted by Crippen LogP contribution is -1.95. The summed E-state index contributed by atoms with van der Waals surface area (Å²) >= 11 is 0. The van der Waals surface area contributed by atoms with Gasteiger partial charge in [-0.3, -0.25) is 0 Å². The number of hydrogen-bond donors (Lipinski definition) is 1. The molecule has 3 nitrogen and oxygen atoms in total. The average molecular weight is 766 g/mol. The number of anilines is 1. The van der Waals surface area contributed by atoms with E-state index in [0.717, 1.165) is 23.4 Å².